The molecule has 0 radical (unpaired) electrons. The van der Waals surface area contributed by atoms with Gasteiger partial charge in [0.05, 0.1) is 33.0 Å². The topological polar surface area (TPSA) is 170 Å². The number of nitro groups is 2. The quantitative estimate of drug-likeness (QED) is 0.137. The standard InChI is InChI=1S/C37H50N2O9/c1-32(2)12-14-37(31(42)43)15-13-35(6)24(25(37)19-32)8-9-28-34(5)20-26(40)29(33(3,4)27(34)10-11-36(28,35)7)48-30(41)21-16-22(38(44)45)18-23(17-21)39(46)47/h8,16-18,25-29,40H,9-15,19-20H2,1-7H3,(H,42,43)/t25-,26+,27-,28+,29-,34-,35+,36+,37-/m0/s1. The van der Waals surface area contributed by atoms with Crippen molar-refractivity contribution >= 4 is 23.3 Å². The highest BCUT2D eigenvalue weighted by Crippen LogP contribution is 2.76. The van der Waals surface area contributed by atoms with Crippen molar-refractivity contribution in [2.24, 2.45) is 50.2 Å². The lowest BCUT2D eigenvalue weighted by atomic mass is 9.33. The number of hydrogen-bond donors (Lipinski definition) is 2. The Balaban J connectivity index is 1.32. The molecule has 5 aliphatic rings. The average Bonchev–Trinajstić information content (AvgIpc) is 2.98. The lowest BCUT2D eigenvalue weighted by molar-refractivity contribution is -0.394. The van der Waals surface area contributed by atoms with E-state index in [0.717, 1.165) is 56.7 Å². The summed E-state index contributed by atoms with van der Waals surface area (Å²) in [7, 11) is 0. The van der Waals surface area contributed by atoms with Crippen LogP contribution in [0.5, 0.6) is 0 Å². The van der Waals surface area contributed by atoms with Crippen LogP contribution in [-0.2, 0) is 9.53 Å². The number of aliphatic hydroxyl groups is 1. The van der Waals surface area contributed by atoms with Gasteiger partial charge in [-0.25, -0.2) is 4.79 Å². The Bertz CT molecular complexity index is 1580. The van der Waals surface area contributed by atoms with Gasteiger partial charge in [0, 0.05) is 17.5 Å². The van der Waals surface area contributed by atoms with Gasteiger partial charge in [0.15, 0.2) is 0 Å². The summed E-state index contributed by atoms with van der Waals surface area (Å²) in [4.78, 5) is 47.7. The van der Waals surface area contributed by atoms with Gasteiger partial charge in [-0.2, -0.15) is 0 Å². The van der Waals surface area contributed by atoms with E-state index in [1.165, 1.54) is 5.57 Å². The zero-order valence-corrected chi connectivity index (χ0v) is 29.2. The summed E-state index contributed by atoms with van der Waals surface area (Å²) < 4.78 is 5.95. The Morgan fingerprint density at radius 1 is 0.854 bits per heavy atom. The molecule has 0 spiro atoms. The van der Waals surface area contributed by atoms with Crippen molar-refractivity contribution in [2.45, 2.75) is 118 Å². The van der Waals surface area contributed by atoms with Crippen LogP contribution in [0.2, 0.25) is 0 Å². The van der Waals surface area contributed by atoms with Crippen LogP contribution < -0.4 is 0 Å². The minimum Gasteiger partial charge on any atom is -0.481 e. The number of benzene rings is 1. The van der Waals surface area contributed by atoms with Gasteiger partial charge in [0.2, 0.25) is 0 Å². The fraction of sp³-hybridized carbons (Fsp3) is 0.730. The van der Waals surface area contributed by atoms with Gasteiger partial charge < -0.3 is 14.9 Å². The third-order valence-corrected chi connectivity index (χ3v) is 14.8. The summed E-state index contributed by atoms with van der Waals surface area (Å²) in [6.07, 6.45) is 7.34. The fourth-order valence-corrected chi connectivity index (χ4v) is 12.1. The first-order valence-corrected chi connectivity index (χ1v) is 17.4. The Morgan fingerprint density at radius 3 is 2.04 bits per heavy atom. The Morgan fingerprint density at radius 2 is 1.46 bits per heavy atom. The highest BCUT2D eigenvalue weighted by atomic mass is 16.6. The van der Waals surface area contributed by atoms with E-state index in [-0.39, 0.29) is 45.0 Å². The number of non-ortho nitro benzene ring substituents is 2. The summed E-state index contributed by atoms with van der Waals surface area (Å²) in [5, 5.41) is 45.3. The molecule has 0 bridgehead atoms. The number of esters is 1. The van der Waals surface area contributed by atoms with Crippen molar-refractivity contribution in [2.75, 3.05) is 0 Å². The van der Waals surface area contributed by atoms with E-state index in [4.69, 9.17) is 4.74 Å². The molecule has 0 unspecified atom stereocenters. The zero-order chi connectivity index (χ0) is 35.4. The zero-order valence-electron chi connectivity index (χ0n) is 29.2. The fourth-order valence-electron chi connectivity index (χ4n) is 12.1. The van der Waals surface area contributed by atoms with Crippen molar-refractivity contribution in [1.29, 1.82) is 0 Å². The van der Waals surface area contributed by atoms with Gasteiger partial charge in [-0.05, 0) is 97.2 Å². The van der Waals surface area contributed by atoms with Crippen LogP contribution in [0.3, 0.4) is 0 Å². The molecule has 0 amide bonds. The Kier molecular flexibility index (Phi) is 7.79. The minimum absolute atomic E-state index is 0.00243. The minimum atomic E-state index is -1.02. The summed E-state index contributed by atoms with van der Waals surface area (Å²) in [5.74, 6) is -1.33. The van der Waals surface area contributed by atoms with Crippen molar-refractivity contribution in [3.05, 3.63) is 55.6 Å². The van der Waals surface area contributed by atoms with E-state index in [0.29, 0.717) is 19.3 Å². The number of aliphatic carboxylic acids is 1. The van der Waals surface area contributed by atoms with E-state index in [1.807, 2.05) is 13.8 Å². The molecule has 2 N–H and O–H groups in total. The van der Waals surface area contributed by atoms with Crippen LogP contribution in [-0.4, -0.2) is 44.2 Å². The van der Waals surface area contributed by atoms with E-state index in [1.54, 1.807) is 0 Å². The summed E-state index contributed by atoms with van der Waals surface area (Å²) >= 11 is 0. The van der Waals surface area contributed by atoms with Gasteiger partial charge in [-0.15, -0.1) is 0 Å². The number of carboxylic acid groups (broad SMARTS) is 1. The molecule has 0 aliphatic heterocycles. The molecule has 6 rings (SSSR count). The first-order chi connectivity index (χ1) is 22.1. The molecule has 0 saturated heterocycles. The number of hydrogen-bond acceptors (Lipinski definition) is 8. The van der Waals surface area contributed by atoms with Gasteiger partial charge >= 0.3 is 11.9 Å². The molecule has 1 aromatic rings. The van der Waals surface area contributed by atoms with Crippen molar-refractivity contribution in [1.82, 2.24) is 0 Å². The number of rotatable bonds is 5. The van der Waals surface area contributed by atoms with Gasteiger partial charge in [0.25, 0.3) is 11.4 Å². The SMILES string of the molecule is CC1(C)CC[C@]2(C(=O)O)CC[C@]3(C)C(=CC[C@@H]4[C@@]5(C)C[C@@H](O)[C@H](OC(=O)c6cc([N+](=O)[O-])cc([N+](=O)[O-])c6)C(C)(C)[C@@H]5CC[C@]43C)[C@@H]2C1. The van der Waals surface area contributed by atoms with Crippen LogP contribution >= 0.6 is 0 Å². The summed E-state index contributed by atoms with van der Waals surface area (Å²) in [6.45, 7) is 15.6. The highest BCUT2D eigenvalue weighted by molar-refractivity contribution is 5.91. The molecular formula is C37H50N2O9. The van der Waals surface area contributed by atoms with Crippen LogP contribution in [0.15, 0.2) is 29.8 Å². The largest absolute Gasteiger partial charge is 0.481 e. The summed E-state index contributed by atoms with van der Waals surface area (Å²) in [6, 6.07) is 2.74. The third-order valence-electron chi connectivity index (χ3n) is 14.8. The van der Waals surface area contributed by atoms with E-state index in [2.05, 4.69) is 40.7 Å². The smallest absolute Gasteiger partial charge is 0.339 e. The molecule has 4 saturated carbocycles. The first-order valence-electron chi connectivity index (χ1n) is 17.4. The number of carbonyl (C=O) groups is 2. The Hall–Kier alpha value is -3.34. The number of aliphatic hydroxyl groups excluding tert-OH is 1. The maximum absolute atomic E-state index is 13.4. The molecule has 48 heavy (non-hydrogen) atoms. The predicted octanol–water partition coefficient (Wildman–Crippen LogP) is 7.89. The second kappa shape index (κ2) is 10.8. The number of carboxylic acids is 1. The predicted molar refractivity (Wildman–Crippen MR) is 177 cm³/mol. The molecule has 11 heteroatoms. The van der Waals surface area contributed by atoms with E-state index < -0.39 is 56.2 Å². The third kappa shape index (κ3) is 4.76. The molecule has 0 aromatic heterocycles. The first kappa shape index (κ1) is 34.5. The van der Waals surface area contributed by atoms with Gasteiger partial charge in [-0.1, -0.05) is 60.1 Å². The van der Waals surface area contributed by atoms with E-state index >= 15 is 0 Å². The average molecular weight is 667 g/mol. The second-order valence-corrected chi connectivity index (χ2v) is 17.8. The number of ether oxygens (including phenoxy) is 1. The molecule has 262 valence electrons. The lowest BCUT2D eigenvalue weighted by Gasteiger charge is -2.71. The molecule has 11 nitrogen and oxygen atoms in total. The van der Waals surface area contributed by atoms with Crippen LogP contribution in [0, 0.1) is 70.5 Å². The molecule has 1 aromatic carbocycles. The molecule has 9 atom stereocenters. The van der Waals surface area contributed by atoms with Crippen LogP contribution in [0.4, 0.5) is 11.4 Å². The monoisotopic (exact) mass is 666 g/mol. The summed E-state index contributed by atoms with van der Waals surface area (Å²) in [5.41, 5.74) is -2.10. The highest BCUT2D eigenvalue weighted by Gasteiger charge is 2.70. The van der Waals surface area contributed by atoms with Crippen molar-refractivity contribution in [3.8, 4) is 0 Å². The molecule has 4 fully saturated rings. The second-order valence-electron chi connectivity index (χ2n) is 17.8. The molecule has 0 heterocycles. The lowest BCUT2D eigenvalue weighted by Crippen LogP contribution is -2.67. The van der Waals surface area contributed by atoms with Gasteiger partial charge in [-0.3, -0.25) is 25.0 Å². The van der Waals surface area contributed by atoms with Crippen molar-refractivity contribution < 1.29 is 34.4 Å². The van der Waals surface area contributed by atoms with Crippen LogP contribution in [0.1, 0.15) is 117 Å². The molecular weight excluding hydrogens is 616 g/mol. The molecule has 5 aliphatic carbocycles. The number of nitro benzene ring substituents is 2. The normalized spacial score (nSPS) is 40.9. The maximum Gasteiger partial charge on any atom is 0.339 e. The van der Waals surface area contributed by atoms with Crippen molar-refractivity contribution in [3.63, 3.8) is 0 Å². The van der Waals surface area contributed by atoms with Gasteiger partial charge in [0.1, 0.15) is 6.10 Å². The number of allylic oxidation sites excluding steroid dienone is 2. The van der Waals surface area contributed by atoms with Crippen LogP contribution in [0.25, 0.3) is 0 Å². The Labute approximate surface area is 281 Å². The maximum atomic E-state index is 13.4. The number of nitrogens with zero attached hydrogens (tertiary/aromatic N) is 2. The number of carbonyl (C=O) groups excluding carboxylic acids is 1. The number of fused-ring (bicyclic) bond motifs is 7. The van der Waals surface area contributed by atoms with E-state index in [9.17, 15) is 40.0 Å².